The van der Waals surface area contributed by atoms with E-state index >= 15 is 0 Å². The first-order valence-electron chi connectivity index (χ1n) is 10.1. The Labute approximate surface area is 204 Å². The molecule has 0 bridgehead atoms. The highest BCUT2D eigenvalue weighted by atomic mass is 35.5. The molecule has 1 N–H and O–H groups in total. The van der Waals surface area contributed by atoms with Crippen molar-refractivity contribution in [2.24, 2.45) is 0 Å². The van der Waals surface area contributed by atoms with E-state index in [4.69, 9.17) is 11.6 Å². The van der Waals surface area contributed by atoms with Gasteiger partial charge in [-0.15, -0.1) is 5.10 Å². The van der Waals surface area contributed by atoms with Gasteiger partial charge in [0.2, 0.25) is 5.91 Å². The van der Waals surface area contributed by atoms with Crippen molar-refractivity contribution in [2.75, 3.05) is 0 Å². The van der Waals surface area contributed by atoms with Gasteiger partial charge in [-0.05, 0) is 42.0 Å². The van der Waals surface area contributed by atoms with Crippen molar-refractivity contribution >= 4 is 17.5 Å². The van der Waals surface area contributed by atoms with Gasteiger partial charge in [0.1, 0.15) is 12.6 Å². The third-order valence-corrected chi connectivity index (χ3v) is 5.17. The van der Waals surface area contributed by atoms with Gasteiger partial charge in [0.25, 0.3) is 0 Å². The molecule has 3 rings (SSSR count). The van der Waals surface area contributed by atoms with Gasteiger partial charge < -0.3 is 5.32 Å². The van der Waals surface area contributed by atoms with Crippen LogP contribution in [0, 0.1) is 11.3 Å². The first-order chi connectivity index (χ1) is 16.8. The van der Waals surface area contributed by atoms with Gasteiger partial charge in [0.15, 0.2) is 5.82 Å². The van der Waals surface area contributed by atoms with Crippen molar-refractivity contribution in [3.8, 4) is 17.5 Å². The zero-order valence-corrected chi connectivity index (χ0v) is 18.8. The van der Waals surface area contributed by atoms with Gasteiger partial charge in [-0.2, -0.15) is 31.6 Å². The topological polar surface area (TPSA) is 92.7 Å². The van der Waals surface area contributed by atoms with E-state index in [0.29, 0.717) is 15.8 Å². The lowest BCUT2D eigenvalue weighted by Crippen LogP contribution is -2.35. The molecule has 1 aromatic heterocycles. The molecule has 3 aromatic rings. The van der Waals surface area contributed by atoms with Crippen LogP contribution in [0.1, 0.15) is 23.6 Å². The van der Waals surface area contributed by atoms with Crippen LogP contribution in [0.15, 0.2) is 53.3 Å². The number of amides is 1. The third kappa shape index (κ3) is 6.66. The van der Waals surface area contributed by atoms with Crippen LogP contribution in [0.3, 0.4) is 0 Å². The smallest absolute Gasteiger partial charge is 0.335 e. The number of carbonyl (C=O) groups is 1. The standard InChI is InChI=1S/C22H16ClF6N5O2/c23-16-6-4-13(5-7-16)19-32-34(20(36)33(19)9-8-21(24,25)26)12-18(35)31-17(11-30)14-2-1-3-15(10-14)22(27,28)29/h1-7,10,17H,8-9,12H2,(H,31,35)/t17-/m1/s1. The molecule has 1 amide bonds. The number of benzene rings is 2. The maximum atomic E-state index is 13.0. The fraction of sp³-hybridized carbons (Fsp3) is 0.273. The Hall–Kier alpha value is -3.79. The monoisotopic (exact) mass is 531 g/mol. The molecule has 1 atom stereocenters. The first-order valence-corrected chi connectivity index (χ1v) is 10.5. The van der Waals surface area contributed by atoms with E-state index in [2.05, 4.69) is 10.4 Å². The van der Waals surface area contributed by atoms with Crippen LogP contribution in [-0.4, -0.2) is 26.4 Å². The van der Waals surface area contributed by atoms with Gasteiger partial charge >= 0.3 is 18.0 Å². The summed E-state index contributed by atoms with van der Waals surface area (Å²) in [6.45, 7) is -1.57. The molecule has 2 aromatic carbocycles. The van der Waals surface area contributed by atoms with Crippen molar-refractivity contribution in [2.45, 2.75) is 37.9 Å². The molecule has 0 fully saturated rings. The fourth-order valence-electron chi connectivity index (χ4n) is 3.22. The second-order valence-electron chi connectivity index (χ2n) is 7.54. The average Bonchev–Trinajstić information content (AvgIpc) is 3.10. The second-order valence-corrected chi connectivity index (χ2v) is 7.98. The van der Waals surface area contributed by atoms with Gasteiger partial charge in [0.05, 0.1) is 18.1 Å². The summed E-state index contributed by atoms with van der Waals surface area (Å²) in [6, 6.07) is 9.68. The first kappa shape index (κ1) is 26.8. The Morgan fingerprint density at radius 2 is 1.78 bits per heavy atom. The van der Waals surface area contributed by atoms with Crippen LogP contribution in [0.2, 0.25) is 5.02 Å². The van der Waals surface area contributed by atoms with Crippen LogP contribution in [0.4, 0.5) is 26.3 Å². The van der Waals surface area contributed by atoms with Crippen LogP contribution >= 0.6 is 11.6 Å². The third-order valence-electron chi connectivity index (χ3n) is 4.92. The lowest BCUT2D eigenvalue weighted by molar-refractivity contribution is -0.138. The van der Waals surface area contributed by atoms with Gasteiger partial charge in [-0.25, -0.2) is 9.48 Å². The fourth-order valence-corrected chi connectivity index (χ4v) is 3.35. The Morgan fingerprint density at radius 3 is 2.36 bits per heavy atom. The maximum absolute atomic E-state index is 13.0. The summed E-state index contributed by atoms with van der Waals surface area (Å²) in [7, 11) is 0. The SMILES string of the molecule is N#C[C@@H](NC(=O)Cn1nc(-c2ccc(Cl)cc2)n(CCC(F)(F)F)c1=O)c1cccc(C(F)(F)F)c1. The molecule has 36 heavy (non-hydrogen) atoms. The molecule has 1 heterocycles. The van der Waals surface area contributed by atoms with E-state index in [1.165, 1.54) is 30.3 Å². The Kier molecular flexibility index (Phi) is 7.78. The predicted octanol–water partition coefficient (Wildman–Crippen LogP) is 4.72. The van der Waals surface area contributed by atoms with Crippen molar-refractivity contribution in [3.63, 3.8) is 0 Å². The van der Waals surface area contributed by atoms with Crippen LogP contribution in [0.5, 0.6) is 0 Å². The van der Waals surface area contributed by atoms with Crippen LogP contribution in [0.25, 0.3) is 11.4 Å². The number of hydrogen-bond acceptors (Lipinski definition) is 4. The zero-order valence-electron chi connectivity index (χ0n) is 18.1. The molecule has 7 nitrogen and oxygen atoms in total. The molecule has 0 saturated carbocycles. The minimum Gasteiger partial charge on any atom is -0.335 e. The van der Waals surface area contributed by atoms with Gasteiger partial charge in [-0.3, -0.25) is 9.36 Å². The molecule has 0 spiro atoms. The largest absolute Gasteiger partial charge is 0.416 e. The van der Waals surface area contributed by atoms with E-state index in [9.17, 15) is 41.2 Å². The summed E-state index contributed by atoms with van der Waals surface area (Å²) < 4.78 is 78.7. The lowest BCUT2D eigenvalue weighted by atomic mass is 10.0. The zero-order chi connectivity index (χ0) is 26.7. The number of carbonyl (C=O) groups excluding carboxylic acids is 1. The molecule has 190 valence electrons. The molecule has 14 heteroatoms. The summed E-state index contributed by atoms with van der Waals surface area (Å²) in [4.78, 5) is 25.3. The van der Waals surface area contributed by atoms with Crippen molar-refractivity contribution in [1.29, 1.82) is 5.26 Å². The van der Waals surface area contributed by atoms with E-state index in [1.54, 1.807) is 6.07 Å². The van der Waals surface area contributed by atoms with Gasteiger partial charge in [-0.1, -0.05) is 23.7 Å². The molecule has 0 aliphatic carbocycles. The van der Waals surface area contributed by atoms with Crippen LogP contribution < -0.4 is 11.0 Å². The summed E-state index contributed by atoms with van der Waals surface area (Å²) in [5, 5.41) is 15.9. The van der Waals surface area contributed by atoms with Crippen molar-refractivity contribution in [1.82, 2.24) is 19.7 Å². The summed E-state index contributed by atoms with van der Waals surface area (Å²) in [5.74, 6) is -1.12. The number of halogens is 7. The highest BCUT2D eigenvalue weighted by Gasteiger charge is 2.31. The average molecular weight is 532 g/mol. The van der Waals surface area contributed by atoms with E-state index in [1.807, 2.05) is 0 Å². The predicted molar refractivity (Wildman–Crippen MR) is 116 cm³/mol. The molecule has 0 unspecified atom stereocenters. The minimum atomic E-state index is -4.67. The van der Waals surface area contributed by atoms with E-state index in [0.717, 1.165) is 16.7 Å². The maximum Gasteiger partial charge on any atom is 0.416 e. The number of aromatic nitrogens is 3. The number of rotatable bonds is 7. The highest BCUT2D eigenvalue weighted by Crippen LogP contribution is 2.30. The van der Waals surface area contributed by atoms with E-state index in [-0.39, 0.29) is 17.0 Å². The lowest BCUT2D eigenvalue weighted by Gasteiger charge is -2.14. The Balaban J connectivity index is 1.87. The summed E-state index contributed by atoms with van der Waals surface area (Å²) >= 11 is 5.83. The van der Waals surface area contributed by atoms with Crippen LogP contribution in [-0.2, 0) is 24.1 Å². The molecular weight excluding hydrogens is 516 g/mol. The molecule has 0 saturated heterocycles. The van der Waals surface area contributed by atoms with Crippen molar-refractivity contribution < 1.29 is 31.1 Å². The number of nitrogens with one attached hydrogen (secondary N) is 1. The molecule has 0 radical (unpaired) electrons. The second kappa shape index (κ2) is 10.4. The Morgan fingerprint density at radius 1 is 1.11 bits per heavy atom. The summed E-state index contributed by atoms with van der Waals surface area (Å²) in [5.41, 5.74) is -1.93. The van der Waals surface area contributed by atoms with Gasteiger partial charge in [0, 0.05) is 17.1 Å². The number of nitriles is 1. The minimum absolute atomic E-state index is 0.148. The molecule has 0 aliphatic heterocycles. The Bertz CT molecular complexity index is 1340. The summed E-state index contributed by atoms with van der Waals surface area (Å²) in [6.07, 6.45) is -10.6. The number of alkyl halides is 6. The highest BCUT2D eigenvalue weighted by molar-refractivity contribution is 6.30. The number of hydrogen-bond donors (Lipinski definition) is 1. The van der Waals surface area contributed by atoms with Crippen molar-refractivity contribution in [3.05, 3.63) is 75.2 Å². The molecule has 0 aliphatic rings. The molecular formula is C22H16ClF6N5O2. The quantitative estimate of drug-likeness (QED) is 0.447. The number of nitrogens with zero attached hydrogens (tertiary/aromatic N) is 4. The van der Waals surface area contributed by atoms with E-state index < -0.39 is 55.1 Å². The normalized spacial score (nSPS) is 12.7.